The number of nitrogens with zero attached hydrogens (tertiary/aromatic N) is 1. The highest BCUT2D eigenvalue weighted by molar-refractivity contribution is 8.15. The summed E-state index contributed by atoms with van der Waals surface area (Å²) in [5.41, 5.74) is 7.09. The monoisotopic (exact) mass is 353 g/mol. The van der Waals surface area contributed by atoms with Crippen molar-refractivity contribution in [3.8, 4) is 5.75 Å². The molecule has 0 radical (unpaired) electrons. The van der Waals surface area contributed by atoms with Crippen LogP contribution in [0.15, 0.2) is 23.2 Å². The lowest BCUT2D eigenvalue weighted by Crippen LogP contribution is -2.19. The van der Waals surface area contributed by atoms with Crippen LogP contribution in [-0.4, -0.2) is 56.4 Å². The molecule has 1 aliphatic rings. The van der Waals surface area contributed by atoms with Gasteiger partial charge in [0.2, 0.25) is 5.91 Å². The number of aliphatic imine (C=N–C) groups is 1. The third-order valence-electron chi connectivity index (χ3n) is 3.11. The highest BCUT2D eigenvalue weighted by Crippen LogP contribution is 2.26. The number of hydrogen-bond donors (Lipinski definition) is 2. The SMILES string of the molecule is Cc1ccc(N=C2NC(=O)CS2)cc1OCCOCCOCCN. The molecule has 0 saturated carbocycles. The van der Waals surface area contributed by atoms with Gasteiger partial charge in [0.15, 0.2) is 5.17 Å². The van der Waals surface area contributed by atoms with Crippen molar-refractivity contribution in [3.63, 3.8) is 0 Å². The summed E-state index contributed by atoms with van der Waals surface area (Å²) >= 11 is 1.40. The van der Waals surface area contributed by atoms with E-state index in [2.05, 4.69) is 10.3 Å². The number of nitrogens with one attached hydrogen (secondary N) is 1. The Kier molecular flexibility index (Phi) is 8.03. The molecule has 2 rings (SSSR count). The smallest absolute Gasteiger partial charge is 0.236 e. The molecule has 0 unspecified atom stereocenters. The minimum absolute atomic E-state index is 0.0186. The normalized spacial score (nSPS) is 15.8. The lowest BCUT2D eigenvalue weighted by Gasteiger charge is -2.10. The Morgan fingerprint density at radius 1 is 1.21 bits per heavy atom. The van der Waals surface area contributed by atoms with Gasteiger partial charge in [-0.2, -0.15) is 0 Å². The van der Waals surface area contributed by atoms with Crippen molar-refractivity contribution in [1.29, 1.82) is 0 Å². The Balaban J connectivity index is 1.76. The van der Waals surface area contributed by atoms with Crippen molar-refractivity contribution in [3.05, 3.63) is 23.8 Å². The predicted molar refractivity (Wildman–Crippen MR) is 95.1 cm³/mol. The van der Waals surface area contributed by atoms with Crippen LogP contribution in [0.25, 0.3) is 0 Å². The van der Waals surface area contributed by atoms with Crippen molar-refractivity contribution >= 4 is 28.5 Å². The van der Waals surface area contributed by atoms with Crippen molar-refractivity contribution < 1.29 is 19.0 Å². The summed E-state index contributed by atoms with van der Waals surface area (Å²) in [5, 5.41) is 3.33. The second-order valence-corrected chi connectivity index (χ2v) is 6.03. The number of amidine groups is 1. The summed E-state index contributed by atoms with van der Waals surface area (Å²) in [4.78, 5) is 15.6. The highest BCUT2D eigenvalue weighted by atomic mass is 32.2. The number of amides is 1. The van der Waals surface area contributed by atoms with Crippen LogP contribution in [0.4, 0.5) is 5.69 Å². The van der Waals surface area contributed by atoms with Crippen molar-refractivity contribution in [2.45, 2.75) is 6.92 Å². The van der Waals surface area contributed by atoms with E-state index >= 15 is 0 Å². The number of hydrogen-bond acceptors (Lipinski definition) is 7. The number of nitrogens with two attached hydrogens (primary N) is 1. The summed E-state index contributed by atoms with van der Waals surface area (Å²) in [7, 11) is 0. The van der Waals surface area contributed by atoms with E-state index in [4.69, 9.17) is 19.9 Å². The summed E-state index contributed by atoms with van der Waals surface area (Å²) in [6.07, 6.45) is 0. The van der Waals surface area contributed by atoms with E-state index in [1.54, 1.807) is 0 Å². The fourth-order valence-electron chi connectivity index (χ4n) is 1.93. The van der Waals surface area contributed by atoms with E-state index in [0.717, 1.165) is 17.0 Å². The third kappa shape index (κ3) is 6.48. The molecule has 3 N–H and O–H groups in total. The molecule has 0 atom stereocenters. The quantitative estimate of drug-likeness (QED) is 0.614. The van der Waals surface area contributed by atoms with Gasteiger partial charge in [0.05, 0.1) is 37.9 Å². The topological polar surface area (TPSA) is 95.2 Å². The van der Waals surface area contributed by atoms with E-state index in [1.165, 1.54) is 11.8 Å². The average molecular weight is 353 g/mol. The van der Waals surface area contributed by atoms with Crippen LogP contribution >= 0.6 is 11.8 Å². The van der Waals surface area contributed by atoms with Crippen LogP contribution in [-0.2, 0) is 14.3 Å². The maximum absolute atomic E-state index is 11.2. The highest BCUT2D eigenvalue weighted by Gasteiger charge is 2.16. The summed E-state index contributed by atoms with van der Waals surface area (Å²) in [6.45, 7) is 5.02. The van der Waals surface area contributed by atoms with Crippen LogP contribution in [0.5, 0.6) is 5.75 Å². The van der Waals surface area contributed by atoms with Gasteiger partial charge in [-0.15, -0.1) is 0 Å². The largest absolute Gasteiger partial charge is 0.491 e. The first-order chi connectivity index (χ1) is 11.7. The Bertz CT molecular complexity index is 580. The molecule has 0 aliphatic carbocycles. The van der Waals surface area contributed by atoms with Crippen LogP contribution in [0.2, 0.25) is 0 Å². The maximum Gasteiger partial charge on any atom is 0.236 e. The number of carbonyl (C=O) groups is 1. The second-order valence-electron chi connectivity index (χ2n) is 5.07. The zero-order chi connectivity index (χ0) is 17.2. The summed E-state index contributed by atoms with van der Waals surface area (Å²) < 4.78 is 16.4. The van der Waals surface area contributed by atoms with Crippen molar-refractivity contribution in [1.82, 2.24) is 5.32 Å². The van der Waals surface area contributed by atoms with E-state index in [-0.39, 0.29) is 5.91 Å². The lowest BCUT2D eigenvalue weighted by molar-refractivity contribution is -0.116. The van der Waals surface area contributed by atoms with Crippen LogP contribution in [0, 0.1) is 6.92 Å². The Labute approximate surface area is 145 Å². The van der Waals surface area contributed by atoms with E-state index in [9.17, 15) is 4.79 Å². The van der Waals surface area contributed by atoms with Crippen LogP contribution in [0.1, 0.15) is 5.56 Å². The number of thioether (sulfide) groups is 1. The molecule has 1 aliphatic heterocycles. The predicted octanol–water partition coefficient (Wildman–Crippen LogP) is 1.22. The van der Waals surface area contributed by atoms with Gasteiger partial charge in [0.1, 0.15) is 12.4 Å². The first-order valence-corrected chi connectivity index (χ1v) is 8.78. The number of benzene rings is 1. The average Bonchev–Trinajstić information content (AvgIpc) is 2.97. The molecule has 0 aromatic heterocycles. The molecule has 1 amide bonds. The molecular weight excluding hydrogens is 330 g/mol. The van der Waals surface area contributed by atoms with Gasteiger partial charge < -0.3 is 25.3 Å². The molecule has 1 heterocycles. The van der Waals surface area contributed by atoms with Gasteiger partial charge in [-0.3, -0.25) is 4.79 Å². The summed E-state index contributed by atoms with van der Waals surface area (Å²) in [6, 6.07) is 5.70. The molecule has 8 heteroatoms. The number of rotatable bonds is 10. The van der Waals surface area contributed by atoms with Crippen molar-refractivity contribution in [2.75, 3.05) is 45.3 Å². The lowest BCUT2D eigenvalue weighted by atomic mass is 10.2. The first kappa shape index (κ1) is 18.7. The third-order valence-corrected chi connectivity index (χ3v) is 3.98. The van der Waals surface area contributed by atoms with Gasteiger partial charge in [-0.25, -0.2) is 4.99 Å². The fourth-order valence-corrected chi connectivity index (χ4v) is 2.63. The van der Waals surface area contributed by atoms with Gasteiger partial charge >= 0.3 is 0 Å². The molecule has 1 aromatic rings. The first-order valence-electron chi connectivity index (χ1n) is 7.79. The molecule has 24 heavy (non-hydrogen) atoms. The Morgan fingerprint density at radius 2 is 1.96 bits per heavy atom. The van der Waals surface area contributed by atoms with E-state index in [0.29, 0.717) is 50.5 Å². The zero-order valence-corrected chi connectivity index (χ0v) is 14.6. The number of carbonyl (C=O) groups excluding carboxylic acids is 1. The van der Waals surface area contributed by atoms with Crippen molar-refractivity contribution in [2.24, 2.45) is 10.7 Å². The molecule has 1 fully saturated rings. The molecule has 0 bridgehead atoms. The minimum Gasteiger partial charge on any atom is -0.491 e. The molecule has 1 saturated heterocycles. The minimum atomic E-state index is -0.0186. The Morgan fingerprint density at radius 3 is 2.67 bits per heavy atom. The molecular formula is C16H23N3O4S. The number of ether oxygens (including phenoxy) is 3. The standard InChI is InChI=1S/C16H23N3O4S/c1-12-2-3-13(18-16-19-15(20)11-24-16)10-14(12)23-9-8-22-7-6-21-5-4-17/h2-3,10H,4-9,11,17H2,1H3,(H,18,19,20). The summed E-state index contributed by atoms with van der Waals surface area (Å²) in [5.74, 6) is 1.16. The maximum atomic E-state index is 11.2. The fraction of sp³-hybridized carbons (Fsp3) is 0.500. The van der Waals surface area contributed by atoms with Crippen LogP contribution < -0.4 is 15.8 Å². The Hall–Kier alpha value is -1.61. The second kappa shape index (κ2) is 10.3. The van der Waals surface area contributed by atoms with E-state index < -0.39 is 0 Å². The number of aryl methyl sites for hydroxylation is 1. The molecule has 1 aromatic carbocycles. The van der Waals surface area contributed by atoms with Gasteiger partial charge in [-0.05, 0) is 18.6 Å². The molecule has 0 spiro atoms. The molecule has 132 valence electrons. The zero-order valence-electron chi connectivity index (χ0n) is 13.7. The van der Waals surface area contributed by atoms with Gasteiger partial charge in [0, 0.05) is 12.6 Å². The van der Waals surface area contributed by atoms with Gasteiger partial charge in [-0.1, -0.05) is 17.8 Å². The van der Waals surface area contributed by atoms with Crippen LogP contribution in [0.3, 0.4) is 0 Å². The molecule has 7 nitrogen and oxygen atoms in total. The van der Waals surface area contributed by atoms with Gasteiger partial charge in [0.25, 0.3) is 0 Å². The van der Waals surface area contributed by atoms with E-state index in [1.807, 2.05) is 25.1 Å².